The van der Waals surface area contributed by atoms with Crippen LogP contribution in [0.3, 0.4) is 0 Å². The van der Waals surface area contributed by atoms with E-state index in [9.17, 15) is 4.39 Å². The number of rotatable bonds is 3. The minimum absolute atomic E-state index is 0.167. The molecule has 1 aliphatic rings. The summed E-state index contributed by atoms with van der Waals surface area (Å²) in [6.07, 6.45) is 3.02. The molecule has 2 rings (SSSR count). The van der Waals surface area contributed by atoms with Gasteiger partial charge < -0.3 is 5.32 Å². The first-order valence-corrected chi connectivity index (χ1v) is 8.15. The first-order chi connectivity index (χ1) is 8.61. The second-order valence-electron chi connectivity index (χ2n) is 4.62. The minimum atomic E-state index is -0.261. The summed E-state index contributed by atoms with van der Waals surface area (Å²) in [5.41, 5.74) is 0.942. The molecule has 18 heavy (non-hydrogen) atoms. The van der Waals surface area contributed by atoms with Gasteiger partial charge in [0.05, 0.1) is 6.20 Å². The van der Waals surface area contributed by atoms with E-state index >= 15 is 0 Å². The van der Waals surface area contributed by atoms with Gasteiger partial charge in [-0.15, -0.1) is 0 Å². The van der Waals surface area contributed by atoms with Gasteiger partial charge in [-0.3, -0.25) is 4.98 Å². The molecule has 0 radical (unpaired) electrons. The molecule has 0 aliphatic carbocycles. The largest absolute Gasteiger partial charge is 0.312 e. The number of aromatic nitrogens is 1. The molecule has 1 aromatic rings. The van der Waals surface area contributed by atoms with Gasteiger partial charge in [0, 0.05) is 33.7 Å². The third-order valence-electron chi connectivity index (χ3n) is 3.34. The van der Waals surface area contributed by atoms with E-state index in [1.54, 1.807) is 12.3 Å². The zero-order chi connectivity index (χ0) is 13.1. The lowest BCUT2D eigenvalue weighted by Gasteiger charge is -2.35. The number of nitrogens with one attached hydrogen (secondary N) is 1. The molecular weight excluding hydrogens is 267 g/mol. The summed E-state index contributed by atoms with van der Waals surface area (Å²) in [5.74, 6) is 0.834. The Bertz CT molecular complexity index is 402. The fourth-order valence-corrected chi connectivity index (χ4v) is 5.31. The predicted octanol–water partition coefficient (Wildman–Crippen LogP) is 3.11. The maximum Gasteiger partial charge on any atom is 0.141 e. The van der Waals surface area contributed by atoms with Crippen LogP contribution in [0.2, 0.25) is 0 Å². The van der Waals surface area contributed by atoms with Gasteiger partial charge in [-0.1, -0.05) is 13.8 Å². The number of pyridine rings is 1. The van der Waals surface area contributed by atoms with Gasteiger partial charge in [0.25, 0.3) is 0 Å². The lowest BCUT2D eigenvalue weighted by molar-refractivity contribution is 0.569. The molecule has 1 saturated heterocycles. The Morgan fingerprint density at radius 1 is 1.39 bits per heavy atom. The van der Waals surface area contributed by atoms with Crippen molar-refractivity contribution in [2.24, 2.45) is 0 Å². The van der Waals surface area contributed by atoms with Crippen molar-refractivity contribution in [2.45, 2.75) is 35.6 Å². The first-order valence-electron chi connectivity index (χ1n) is 6.16. The van der Waals surface area contributed by atoms with Crippen molar-refractivity contribution in [1.29, 1.82) is 0 Å². The Hall–Kier alpha value is -0.260. The van der Waals surface area contributed by atoms with E-state index in [-0.39, 0.29) is 11.9 Å². The van der Waals surface area contributed by atoms with Crippen LogP contribution in [0.5, 0.6) is 0 Å². The zero-order valence-electron chi connectivity index (χ0n) is 10.9. The van der Waals surface area contributed by atoms with Crippen LogP contribution < -0.4 is 5.32 Å². The molecule has 0 bridgehead atoms. The van der Waals surface area contributed by atoms with Crippen LogP contribution >= 0.6 is 23.5 Å². The van der Waals surface area contributed by atoms with E-state index in [0.717, 1.165) is 11.3 Å². The Morgan fingerprint density at radius 3 is 2.78 bits per heavy atom. The van der Waals surface area contributed by atoms with Gasteiger partial charge in [0.15, 0.2) is 0 Å². The van der Waals surface area contributed by atoms with Crippen LogP contribution in [-0.2, 0) is 0 Å². The van der Waals surface area contributed by atoms with Crippen LogP contribution in [0.25, 0.3) is 0 Å². The van der Waals surface area contributed by atoms with Crippen molar-refractivity contribution in [2.75, 3.05) is 12.8 Å². The number of hydrogen-bond acceptors (Lipinski definition) is 4. The van der Waals surface area contributed by atoms with Crippen molar-refractivity contribution < 1.29 is 4.39 Å². The molecular formula is C13H19FN2S2. The summed E-state index contributed by atoms with van der Waals surface area (Å²) in [6, 6.07) is 1.75. The molecule has 2 heterocycles. The van der Waals surface area contributed by atoms with E-state index in [2.05, 4.69) is 24.1 Å². The Kier molecular flexibility index (Phi) is 4.92. The number of hydrogen-bond donors (Lipinski definition) is 1. The average molecular weight is 286 g/mol. The summed E-state index contributed by atoms with van der Waals surface area (Å²) in [6.45, 7) is 4.54. The SMILES string of the molecule is CNC(c1cncc(F)c1)C1CSC(C)C(C)S1. The number of nitrogens with zero attached hydrogens (tertiary/aromatic N) is 1. The minimum Gasteiger partial charge on any atom is -0.312 e. The van der Waals surface area contributed by atoms with Crippen molar-refractivity contribution in [3.8, 4) is 0 Å². The highest BCUT2D eigenvalue weighted by Crippen LogP contribution is 2.40. The average Bonchev–Trinajstić information content (AvgIpc) is 2.35. The summed E-state index contributed by atoms with van der Waals surface area (Å²) >= 11 is 4.00. The third-order valence-corrected chi connectivity index (χ3v) is 6.84. The van der Waals surface area contributed by atoms with Crippen molar-refractivity contribution >= 4 is 23.5 Å². The van der Waals surface area contributed by atoms with E-state index in [1.807, 2.05) is 30.6 Å². The quantitative estimate of drug-likeness (QED) is 0.923. The van der Waals surface area contributed by atoms with E-state index < -0.39 is 0 Å². The summed E-state index contributed by atoms with van der Waals surface area (Å²) in [5, 5.41) is 5.10. The molecule has 0 amide bonds. The van der Waals surface area contributed by atoms with E-state index in [1.165, 1.54) is 6.20 Å². The molecule has 1 fully saturated rings. The molecule has 4 unspecified atom stereocenters. The molecule has 0 aromatic carbocycles. The normalized spacial score (nSPS) is 30.1. The molecule has 0 saturated carbocycles. The van der Waals surface area contributed by atoms with Crippen molar-refractivity contribution in [3.63, 3.8) is 0 Å². The Balaban J connectivity index is 2.14. The lowest BCUT2D eigenvalue weighted by atomic mass is 10.1. The molecule has 100 valence electrons. The van der Waals surface area contributed by atoms with Crippen LogP contribution in [-0.4, -0.2) is 33.5 Å². The molecule has 1 aromatic heterocycles. The highest BCUT2D eigenvalue weighted by Gasteiger charge is 2.31. The maximum atomic E-state index is 13.3. The van der Waals surface area contributed by atoms with Gasteiger partial charge in [-0.2, -0.15) is 23.5 Å². The van der Waals surface area contributed by atoms with Gasteiger partial charge in [0.2, 0.25) is 0 Å². The van der Waals surface area contributed by atoms with Crippen molar-refractivity contribution in [3.05, 3.63) is 29.8 Å². The highest BCUT2D eigenvalue weighted by molar-refractivity contribution is 8.07. The second-order valence-corrected chi connectivity index (χ2v) is 7.65. The summed E-state index contributed by atoms with van der Waals surface area (Å²) < 4.78 is 13.3. The van der Waals surface area contributed by atoms with Crippen LogP contribution in [0, 0.1) is 5.82 Å². The standard InChI is InChI=1S/C13H19FN2S2/c1-8-9(2)18-12(7-17-8)13(15-3)10-4-11(14)6-16-5-10/h4-6,8-9,12-13,15H,7H2,1-3H3. The van der Waals surface area contributed by atoms with Crippen LogP contribution in [0.4, 0.5) is 4.39 Å². The number of halogens is 1. The monoisotopic (exact) mass is 286 g/mol. The smallest absolute Gasteiger partial charge is 0.141 e. The summed E-state index contributed by atoms with van der Waals surface area (Å²) in [7, 11) is 1.93. The molecule has 4 atom stereocenters. The van der Waals surface area contributed by atoms with Gasteiger partial charge >= 0.3 is 0 Å². The first kappa shape index (κ1) is 14.2. The summed E-state index contributed by atoms with van der Waals surface area (Å²) in [4.78, 5) is 3.95. The van der Waals surface area contributed by atoms with Crippen LogP contribution in [0.1, 0.15) is 25.5 Å². The Labute approximate surface area is 117 Å². The fourth-order valence-electron chi connectivity index (χ4n) is 2.15. The van der Waals surface area contributed by atoms with Crippen molar-refractivity contribution in [1.82, 2.24) is 10.3 Å². The molecule has 1 aliphatic heterocycles. The Morgan fingerprint density at radius 2 is 2.17 bits per heavy atom. The van der Waals surface area contributed by atoms with E-state index in [4.69, 9.17) is 0 Å². The highest BCUT2D eigenvalue weighted by atomic mass is 32.2. The molecule has 2 nitrogen and oxygen atoms in total. The fraction of sp³-hybridized carbons (Fsp3) is 0.615. The molecule has 1 N–H and O–H groups in total. The second kappa shape index (κ2) is 6.26. The molecule has 0 spiro atoms. The molecule has 5 heteroatoms. The third kappa shape index (κ3) is 3.19. The predicted molar refractivity (Wildman–Crippen MR) is 78.8 cm³/mol. The topological polar surface area (TPSA) is 24.9 Å². The maximum absolute atomic E-state index is 13.3. The van der Waals surface area contributed by atoms with Gasteiger partial charge in [-0.05, 0) is 18.7 Å². The van der Waals surface area contributed by atoms with Gasteiger partial charge in [-0.25, -0.2) is 4.39 Å². The number of thioether (sulfide) groups is 2. The van der Waals surface area contributed by atoms with Gasteiger partial charge in [0.1, 0.15) is 5.82 Å². The van der Waals surface area contributed by atoms with Crippen LogP contribution in [0.15, 0.2) is 18.5 Å². The zero-order valence-corrected chi connectivity index (χ0v) is 12.5. The lowest BCUT2D eigenvalue weighted by Crippen LogP contribution is -2.35. The van der Waals surface area contributed by atoms with E-state index in [0.29, 0.717) is 15.7 Å².